The molecule has 0 radical (unpaired) electrons. The fourth-order valence-corrected chi connectivity index (χ4v) is 1.52. The summed E-state index contributed by atoms with van der Waals surface area (Å²) in [4.78, 5) is 11.6. The van der Waals surface area contributed by atoms with Crippen LogP contribution < -0.4 is 10.1 Å². The van der Waals surface area contributed by atoms with Crippen LogP contribution >= 0.6 is 0 Å². The predicted molar refractivity (Wildman–Crippen MR) is 70.2 cm³/mol. The number of aryl methyl sites for hydroxylation is 3. The van der Waals surface area contributed by atoms with Gasteiger partial charge in [-0.05, 0) is 12.5 Å². The van der Waals surface area contributed by atoms with Crippen molar-refractivity contribution in [1.82, 2.24) is 0 Å². The first kappa shape index (κ1) is 18.4. The number of aromatic nitrogens is 1. The number of halogens is 4. The van der Waals surface area contributed by atoms with E-state index in [-0.39, 0.29) is 11.8 Å². The van der Waals surface area contributed by atoms with Gasteiger partial charge in [0.1, 0.15) is 0 Å². The van der Waals surface area contributed by atoms with Gasteiger partial charge in [-0.15, -0.1) is 5.43 Å². The van der Waals surface area contributed by atoms with Crippen LogP contribution in [0.3, 0.4) is 0 Å². The maximum absolute atomic E-state index is 11.6. The molecule has 1 aromatic heterocycles. The fourth-order valence-electron chi connectivity index (χ4n) is 1.52. The molecule has 1 heterocycles. The van der Waals surface area contributed by atoms with Crippen molar-refractivity contribution in [3.8, 4) is 0 Å². The number of carbonyl (C=O) groups is 1. The van der Waals surface area contributed by atoms with Crippen molar-refractivity contribution in [2.45, 2.75) is 34.6 Å². The highest BCUT2D eigenvalue weighted by Crippen LogP contribution is 2.06. The second-order valence-electron chi connectivity index (χ2n) is 4.78. The fraction of sp³-hybridized carbons (Fsp3) is 0.500. The van der Waals surface area contributed by atoms with Gasteiger partial charge in [-0.25, -0.2) is 0 Å². The molecule has 1 aromatic rings. The minimum atomic E-state index is -6.00. The Balaban J connectivity index is 0.000000621. The van der Waals surface area contributed by atoms with Crippen LogP contribution in [0.5, 0.6) is 0 Å². The number of nitrogens with one attached hydrogen (secondary N) is 1. The van der Waals surface area contributed by atoms with Gasteiger partial charge < -0.3 is 17.3 Å². The molecule has 0 spiro atoms. The Morgan fingerprint density at radius 3 is 1.75 bits per heavy atom. The summed E-state index contributed by atoms with van der Waals surface area (Å²) in [5.41, 5.74) is 6.18. The van der Waals surface area contributed by atoms with Crippen LogP contribution in [0, 0.1) is 26.7 Å². The first-order chi connectivity index (χ1) is 8.91. The van der Waals surface area contributed by atoms with E-state index in [9.17, 15) is 22.1 Å². The Bertz CT molecular complexity index is 446. The highest BCUT2D eigenvalue weighted by Gasteiger charge is 2.20. The van der Waals surface area contributed by atoms with Gasteiger partial charge in [-0.1, -0.05) is 18.5 Å². The van der Waals surface area contributed by atoms with Crippen molar-refractivity contribution in [2.24, 2.45) is 5.92 Å². The van der Waals surface area contributed by atoms with Gasteiger partial charge >= 0.3 is 7.25 Å². The molecule has 0 saturated heterocycles. The van der Waals surface area contributed by atoms with E-state index < -0.39 is 7.25 Å². The summed E-state index contributed by atoms with van der Waals surface area (Å²) in [6.07, 6.45) is 0. The second-order valence-corrected chi connectivity index (χ2v) is 4.78. The quantitative estimate of drug-likeness (QED) is 0.508. The van der Waals surface area contributed by atoms with E-state index in [0.717, 1.165) is 11.4 Å². The molecule has 0 aliphatic rings. The Morgan fingerprint density at radius 1 is 1.10 bits per heavy atom. The minimum absolute atomic E-state index is 0.00222. The molecule has 8 heteroatoms. The van der Waals surface area contributed by atoms with Gasteiger partial charge in [0, 0.05) is 31.9 Å². The molecule has 0 bridgehead atoms. The zero-order valence-electron chi connectivity index (χ0n) is 12.2. The molecule has 0 aliphatic heterocycles. The number of rotatable bonds is 2. The molecule has 0 saturated carbocycles. The second kappa shape index (κ2) is 7.26. The van der Waals surface area contributed by atoms with Gasteiger partial charge in [0.05, 0.1) is 0 Å². The summed E-state index contributed by atoms with van der Waals surface area (Å²) in [5.74, 6) is 0.0349. The maximum Gasteiger partial charge on any atom is 0.673 e. The molecule has 0 aliphatic carbocycles. The monoisotopic (exact) mass is 294 g/mol. The molecule has 0 aromatic carbocycles. The van der Waals surface area contributed by atoms with Crippen molar-refractivity contribution in [2.75, 3.05) is 5.43 Å². The van der Waals surface area contributed by atoms with E-state index in [1.165, 1.54) is 5.56 Å². The number of pyridine rings is 1. The molecule has 1 rings (SSSR count). The molecule has 0 unspecified atom stereocenters. The van der Waals surface area contributed by atoms with Crippen LogP contribution in [0.15, 0.2) is 12.1 Å². The van der Waals surface area contributed by atoms with Crippen molar-refractivity contribution in [3.05, 3.63) is 29.1 Å². The summed E-state index contributed by atoms with van der Waals surface area (Å²) in [7, 11) is -6.00. The Hall–Kier alpha value is -1.60. The van der Waals surface area contributed by atoms with Gasteiger partial charge in [-0.3, -0.25) is 4.79 Å². The normalized spacial score (nSPS) is 10.9. The van der Waals surface area contributed by atoms with Crippen LogP contribution in [0.2, 0.25) is 0 Å². The molecule has 0 atom stereocenters. The lowest BCUT2D eigenvalue weighted by Crippen LogP contribution is -2.54. The van der Waals surface area contributed by atoms with E-state index >= 15 is 0 Å². The Morgan fingerprint density at radius 2 is 1.45 bits per heavy atom. The van der Waals surface area contributed by atoms with Crippen molar-refractivity contribution in [1.29, 1.82) is 0 Å². The van der Waals surface area contributed by atoms with E-state index in [2.05, 4.69) is 12.3 Å². The van der Waals surface area contributed by atoms with E-state index in [1.54, 1.807) is 0 Å². The lowest BCUT2D eigenvalue weighted by Gasteiger charge is -2.07. The lowest BCUT2D eigenvalue weighted by atomic mass is 10.2. The van der Waals surface area contributed by atoms with Crippen molar-refractivity contribution >= 4 is 13.2 Å². The standard InChI is InChI=1S/C12H18N2O.BF4/c1-8(2)12(15)13-14-10(4)6-9(3)7-11(14)5;2-1(3,4)5/h6-8H,1-5H3;/q;-1/p+1. The third-order valence-electron chi connectivity index (χ3n) is 2.32. The third kappa shape index (κ3) is 7.76. The van der Waals surface area contributed by atoms with Gasteiger partial charge in [0.25, 0.3) is 5.91 Å². The minimum Gasteiger partial charge on any atom is -0.418 e. The van der Waals surface area contributed by atoms with Crippen molar-refractivity contribution in [3.63, 3.8) is 0 Å². The maximum atomic E-state index is 11.6. The molecule has 1 N–H and O–H groups in total. The van der Waals surface area contributed by atoms with Gasteiger partial charge in [0.2, 0.25) is 11.4 Å². The third-order valence-corrected chi connectivity index (χ3v) is 2.32. The summed E-state index contributed by atoms with van der Waals surface area (Å²) < 4.78 is 40.8. The summed E-state index contributed by atoms with van der Waals surface area (Å²) in [6, 6.07) is 4.10. The average Bonchev–Trinajstić information content (AvgIpc) is 2.20. The smallest absolute Gasteiger partial charge is 0.418 e. The number of nitrogens with zero attached hydrogens (tertiary/aromatic N) is 1. The molecular weight excluding hydrogens is 275 g/mol. The average molecular weight is 294 g/mol. The van der Waals surface area contributed by atoms with Gasteiger partial charge in [0.15, 0.2) is 0 Å². The van der Waals surface area contributed by atoms with Crippen LogP contribution in [0.25, 0.3) is 0 Å². The molecule has 0 fully saturated rings. The number of hydrogen-bond donors (Lipinski definition) is 1. The van der Waals surface area contributed by atoms with Crippen LogP contribution in [0.4, 0.5) is 17.3 Å². The predicted octanol–water partition coefficient (Wildman–Crippen LogP) is 2.93. The lowest BCUT2D eigenvalue weighted by molar-refractivity contribution is -0.655. The molecule has 114 valence electrons. The molecule has 3 nitrogen and oxygen atoms in total. The van der Waals surface area contributed by atoms with E-state index in [4.69, 9.17) is 0 Å². The van der Waals surface area contributed by atoms with E-state index in [0.29, 0.717) is 0 Å². The molecule has 1 amide bonds. The molecule has 20 heavy (non-hydrogen) atoms. The van der Waals surface area contributed by atoms with Crippen LogP contribution in [0.1, 0.15) is 30.8 Å². The first-order valence-corrected chi connectivity index (χ1v) is 6.10. The summed E-state index contributed by atoms with van der Waals surface area (Å²) in [6.45, 7) is 9.79. The topological polar surface area (TPSA) is 33.0 Å². The van der Waals surface area contributed by atoms with Crippen LogP contribution in [-0.2, 0) is 4.79 Å². The van der Waals surface area contributed by atoms with E-state index in [1.807, 2.05) is 44.5 Å². The number of carbonyl (C=O) groups excluding carboxylic acids is 1. The molecular formula is C12H19BF4N2O. The Kier molecular flexibility index (Phi) is 6.68. The SMILES string of the molecule is Cc1cc(C)[n+](NC(=O)C(C)C)c(C)c1.F[B-](F)(F)F. The largest absolute Gasteiger partial charge is 0.673 e. The Labute approximate surface area is 116 Å². The van der Waals surface area contributed by atoms with Crippen molar-refractivity contribution < 1.29 is 26.7 Å². The zero-order valence-corrected chi connectivity index (χ0v) is 12.2. The number of amides is 1. The zero-order chi connectivity index (χ0) is 16.1. The number of hydrogen-bond acceptors (Lipinski definition) is 1. The van der Waals surface area contributed by atoms with Crippen LogP contribution in [-0.4, -0.2) is 13.2 Å². The summed E-state index contributed by atoms with van der Waals surface area (Å²) >= 11 is 0. The first-order valence-electron chi connectivity index (χ1n) is 6.10. The highest BCUT2D eigenvalue weighted by atomic mass is 19.5. The highest BCUT2D eigenvalue weighted by molar-refractivity contribution is 6.50. The van der Waals surface area contributed by atoms with Gasteiger partial charge in [-0.2, -0.15) is 0 Å². The summed E-state index contributed by atoms with van der Waals surface area (Å²) in [5, 5.41) is 0.